The summed E-state index contributed by atoms with van der Waals surface area (Å²) in [7, 11) is -3.95. The molecule has 32 heavy (non-hydrogen) atoms. The van der Waals surface area contributed by atoms with E-state index in [1.807, 2.05) is 69.3 Å². The average molecular weight is 443 g/mol. The maximum absolute atomic E-state index is 13.8. The zero-order valence-corrected chi connectivity index (χ0v) is 18.8. The molecule has 0 atom stereocenters. The van der Waals surface area contributed by atoms with Crippen LogP contribution in [0, 0.1) is 20.8 Å². The van der Waals surface area contributed by atoms with Gasteiger partial charge in [-0.05, 0) is 68.3 Å². The number of hydrogen-bond donors (Lipinski definition) is 1. The Morgan fingerprint density at radius 3 is 2.12 bits per heavy atom. The molecule has 0 unspecified atom stereocenters. The molecule has 0 spiro atoms. The molecule has 6 nitrogen and oxygen atoms in total. The molecule has 0 aliphatic heterocycles. The second-order valence-electron chi connectivity index (χ2n) is 8.02. The SMILES string of the molecule is Cc1ccc(-n2c(N)c(S(=O)(=O)c3ccc(C)c(C)c3)c3nc4ccccc4nc32)cc1. The molecule has 0 aliphatic rings. The van der Waals surface area contributed by atoms with Gasteiger partial charge in [0.05, 0.1) is 15.9 Å². The van der Waals surface area contributed by atoms with Crippen molar-refractivity contribution in [1.29, 1.82) is 0 Å². The fourth-order valence-corrected chi connectivity index (χ4v) is 5.43. The van der Waals surface area contributed by atoms with E-state index in [4.69, 9.17) is 15.7 Å². The number of aryl methyl sites for hydroxylation is 3. The van der Waals surface area contributed by atoms with E-state index in [2.05, 4.69) is 0 Å². The van der Waals surface area contributed by atoms with Gasteiger partial charge < -0.3 is 5.73 Å². The molecule has 5 aromatic rings. The molecule has 160 valence electrons. The van der Waals surface area contributed by atoms with Gasteiger partial charge in [-0.2, -0.15) is 0 Å². The number of para-hydroxylation sites is 2. The average Bonchev–Trinajstić information content (AvgIpc) is 3.06. The normalized spacial score (nSPS) is 12.0. The first-order chi connectivity index (χ1) is 15.3. The summed E-state index contributed by atoms with van der Waals surface area (Å²) in [5.41, 5.74) is 12.2. The third kappa shape index (κ3) is 3.05. The van der Waals surface area contributed by atoms with E-state index in [1.165, 1.54) is 0 Å². The Bertz CT molecular complexity index is 1620. The monoisotopic (exact) mass is 442 g/mol. The Kier molecular flexibility index (Phi) is 4.53. The highest BCUT2D eigenvalue weighted by molar-refractivity contribution is 7.92. The molecule has 0 radical (unpaired) electrons. The summed E-state index contributed by atoms with van der Waals surface area (Å²) in [6.07, 6.45) is 0. The lowest BCUT2D eigenvalue weighted by Gasteiger charge is -2.09. The standard InChI is InChI=1S/C25H22N4O2S/c1-15-8-11-18(12-9-15)29-24(26)23(32(30,31)19-13-10-16(2)17(3)14-19)22-25(29)28-21-7-5-4-6-20(21)27-22/h4-14H,26H2,1-3H3. The fourth-order valence-electron chi connectivity index (χ4n) is 3.85. The largest absolute Gasteiger partial charge is 0.384 e. The number of rotatable bonds is 3. The highest BCUT2D eigenvalue weighted by Gasteiger charge is 2.31. The van der Waals surface area contributed by atoms with Crippen molar-refractivity contribution in [3.63, 3.8) is 0 Å². The third-order valence-electron chi connectivity index (χ3n) is 5.80. The number of nitrogens with two attached hydrogens (primary N) is 1. The number of nitrogen functional groups attached to an aromatic ring is 1. The van der Waals surface area contributed by atoms with Gasteiger partial charge in [-0.15, -0.1) is 0 Å². The van der Waals surface area contributed by atoms with Crippen molar-refractivity contribution in [2.24, 2.45) is 0 Å². The fraction of sp³-hybridized carbons (Fsp3) is 0.120. The van der Waals surface area contributed by atoms with Crippen LogP contribution in [0.15, 0.2) is 76.5 Å². The van der Waals surface area contributed by atoms with Crippen molar-refractivity contribution >= 4 is 37.9 Å². The Morgan fingerprint density at radius 1 is 0.812 bits per heavy atom. The van der Waals surface area contributed by atoms with E-state index >= 15 is 0 Å². The molecular weight excluding hydrogens is 420 g/mol. The summed E-state index contributed by atoms with van der Waals surface area (Å²) in [4.78, 5) is 9.61. The Morgan fingerprint density at radius 2 is 1.47 bits per heavy atom. The van der Waals surface area contributed by atoms with Crippen LogP contribution < -0.4 is 5.73 Å². The van der Waals surface area contributed by atoms with Crippen LogP contribution in [0.5, 0.6) is 0 Å². The van der Waals surface area contributed by atoms with E-state index in [0.717, 1.165) is 22.4 Å². The highest BCUT2D eigenvalue weighted by Crippen LogP contribution is 2.37. The van der Waals surface area contributed by atoms with Crippen LogP contribution in [0.3, 0.4) is 0 Å². The summed E-state index contributed by atoms with van der Waals surface area (Å²) in [5.74, 6) is 0.0948. The molecule has 0 amide bonds. The minimum absolute atomic E-state index is 0.0189. The van der Waals surface area contributed by atoms with Gasteiger partial charge in [-0.3, -0.25) is 4.57 Å². The number of fused-ring (bicyclic) bond motifs is 2. The molecular formula is C25H22N4O2S. The van der Waals surface area contributed by atoms with Crippen molar-refractivity contribution in [3.05, 3.63) is 83.4 Å². The van der Waals surface area contributed by atoms with E-state index in [0.29, 0.717) is 16.7 Å². The van der Waals surface area contributed by atoms with Crippen LogP contribution in [0.4, 0.5) is 5.82 Å². The summed E-state index contributed by atoms with van der Waals surface area (Å²) in [6.45, 7) is 5.82. The first-order valence-corrected chi connectivity index (χ1v) is 11.7. The van der Waals surface area contributed by atoms with Gasteiger partial charge in [0, 0.05) is 5.69 Å². The van der Waals surface area contributed by atoms with Crippen molar-refractivity contribution < 1.29 is 8.42 Å². The van der Waals surface area contributed by atoms with Crippen LogP contribution in [-0.4, -0.2) is 23.0 Å². The van der Waals surface area contributed by atoms with Crippen LogP contribution in [-0.2, 0) is 9.84 Å². The van der Waals surface area contributed by atoms with Gasteiger partial charge in [0.1, 0.15) is 16.2 Å². The number of anilines is 1. The Balaban J connectivity index is 1.90. The predicted molar refractivity (Wildman–Crippen MR) is 127 cm³/mol. The maximum atomic E-state index is 13.8. The number of nitrogens with zero attached hydrogens (tertiary/aromatic N) is 3. The summed E-state index contributed by atoms with van der Waals surface area (Å²) in [5, 5.41) is 0. The van der Waals surface area contributed by atoms with Gasteiger partial charge in [0.2, 0.25) is 9.84 Å². The number of benzene rings is 3. The zero-order valence-electron chi connectivity index (χ0n) is 18.0. The van der Waals surface area contributed by atoms with Gasteiger partial charge in [0.25, 0.3) is 0 Å². The van der Waals surface area contributed by atoms with Gasteiger partial charge in [0.15, 0.2) is 5.65 Å². The topological polar surface area (TPSA) is 90.9 Å². The van der Waals surface area contributed by atoms with E-state index in [9.17, 15) is 8.42 Å². The lowest BCUT2D eigenvalue weighted by atomic mass is 10.1. The minimum atomic E-state index is -3.95. The molecule has 2 heterocycles. The molecule has 0 bridgehead atoms. The van der Waals surface area contributed by atoms with Crippen molar-refractivity contribution in [2.45, 2.75) is 30.6 Å². The van der Waals surface area contributed by atoms with Crippen LogP contribution in [0.2, 0.25) is 0 Å². The molecule has 7 heteroatoms. The van der Waals surface area contributed by atoms with Gasteiger partial charge >= 0.3 is 0 Å². The minimum Gasteiger partial charge on any atom is -0.384 e. The molecule has 0 aliphatic carbocycles. The van der Waals surface area contributed by atoms with Crippen LogP contribution in [0.25, 0.3) is 27.9 Å². The number of hydrogen-bond acceptors (Lipinski definition) is 5. The predicted octanol–water partition coefficient (Wildman–Crippen LogP) is 4.91. The first kappa shape index (κ1) is 20.2. The number of sulfone groups is 1. The van der Waals surface area contributed by atoms with E-state index < -0.39 is 9.84 Å². The Hall–Kier alpha value is -3.71. The van der Waals surface area contributed by atoms with Gasteiger partial charge in [-0.25, -0.2) is 18.4 Å². The Labute approximate surface area is 186 Å². The van der Waals surface area contributed by atoms with E-state index in [-0.39, 0.29) is 21.1 Å². The van der Waals surface area contributed by atoms with Crippen molar-refractivity contribution in [2.75, 3.05) is 5.73 Å². The molecule has 2 N–H and O–H groups in total. The quantitative estimate of drug-likeness (QED) is 0.428. The smallest absolute Gasteiger partial charge is 0.212 e. The molecule has 0 saturated heterocycles. The molecule has 5 rings (SSSR count). The zero-order chi connectivity index (χ0) is 22.6. The second-order valence-corrected chi connectivity index (χ2v) is 9.91. The maximum Gasteiger partial charge on any atom is 0.212 e. The van der Waals surface area contributed by atoms with Gasteiger partial charge in [-0.1, -0.05) is 35.9 Å². The lowest BCUT2D eigenvalue weighted by molar-refractivity contribution is 0.597. The molecule has 2 aromatic heterocycles. The molecule has 0 fully saturated rings. The summed E-state index contributed by atoms with van der Waals surface area (Å²) in [6, 6.07) is 20.2. The summed E-state index contributed by atoms with van der Waals surface area (Å²) >= 11 is 0. The highest BCUT2D eigenvalue weighted by atomic mass is 32.2. The summed E-state index contributed by atoms with van der Waals surface area (Å²) < 4.78 is 29.3. The number of aromatic nitrogens is 3. The van der Waals surface area contributed by atoms with Crippen molar-refractivity contribution in [3.8, 4) is 5.69 Å². The molecule has 3 aromatic carbocycles. The first-order valence-electron chi connectivity index (χ1n) is 10.2. The second kappa shape index (κ2) is 7.17. The third-order valence-corrected chi connectivity index (χ3v) is 7.62. The van der Waals surface area contributed by atoms with Crippen molar-refractivity contribution in [1.82, 2.24) is 14.5 Å². The molecule has 0 saturated carbocycles. The van der Waals surface area contributed by atoms with Crippen LogP contribution >= 0.6 is 0 Å². The van der Waals surface area contributed by atoms with Crippen LogP contribution in [0.1, 0.15) is 16.7 Å². The lowest BCUT2D eigenvalue weighted by Crippen LogP contribution is -2.07. The van der Waals surface area contributed by atoms with E-state index in [1.54, 1.807) is 22.8 Å².